The summed E-state index contributed by atoms with van der Waals surface area (Å²) in [5.41, 5.74) is 0. The molecular formula is C14H28N2. The minimum absolute atomic E-state index is 0.803. The number of hydrogen-bond acceptors (Lipinski definition) is 2. The van der Waals surface area contributed by atoms with Crippen molar-refractivity contribution in [3.8, 4) is 0 Å². The van der Waals surface area contributed by atoms with E-state index in [0.29, 0.717) is 0 Å². The van der Waals surface area contributed by atoms with Crippen molar-refractivity contribution in [2.45, 2.75) is 64.0 Å². The summed E-state index contributed by atoms with van der Waals surface area (Å²) in [4.78, 5) is 2.45. The van der Waals surface area contributed by atoms with Gasteiger partial charge in [0.1, 0.15) is 0 Å². The molecule has 2 rings (SSSR count). The van der Waals surface area contributed by atoms with Crippen molar-refractivity contribution in [2.75, 3.05) is 20.1 Å². The molecule has 2 aliphatic rings. The van der Waals surface area contributed by atoms with Gasteiger partial charge in [-0.15, -0.1) is 0 Å². The van der Waals surface area contributed by atoms with E-state index in [1.54, 1.807) is 0 Å². The van der Waals surface area contributed by atoms with Crippen LogP contribution in [-0.2, 0) is 0 Å². The molecule has 0 spiro atoms. The largest absolute Gasteiger partial charge is 0.311 e. The third-order valence-electron chi connectivity index (χ3n) is 4.55. The van der Waals surface area contributed by atoms with Gasteiger partial charge >= 0.3 is 0 Å². The molecule has 0 amide bonds. The molecule has 2 fully saturated rings. The van der Waals surface area contributed by atoms with E-state index < -0.39 is 0 Å². The van der Waals surface area contributed by atoms with E-state index in [1.807, 2.05) is 0 Å². The monoisotopic (exact) mass is 224 g/mol. The van der Waals surface area contributed by atoms with Crippen molar-refractivity contribution < 1.29 is 0 Å². The van der Waals surface area contributed by atoms with Gasteiger partial charge in [-0.25, -0.2) is 0 Å². The van der Waals surface area contributed by atoms with E-state index >= 15 is 0 Å². The van der Waals surface area contributed by atoms with Crippen LogP contribution in [0.3, 0.4) is 0 Å². The predicted octanol–water partition coefficient (Wildman–Crippen LogP) is 2.64. The smallest absolute Gasteiger partial charge is 0.00939 e. The van der Waals surface area contributed by atoms with Crippen LogP contribution in [0.4, 0.5) is 0 Å². The van der Waals surface area contributed by atoms with E-state index in [1.165, 1.54) is 58.0 Å². The summed E-state index contributed by atoms with van der Waals surface area (Å²) >= 11 is 0. The van der Waals surface area contributed by atoms with Gasteiger partial charge in [0.25, 0.3) is 0 Å². The fourth-order valence-corrected chi connectivity index (χ4v) is 3.32. The normalized spacial score (nSPS) is 34.1. The molecule has 0 aromatic heterocycles. The second kappa shape index (κ2) is 6.02. The number of likely N-dealkylation sites (tertiary alicyclic amines) is 1. The van der Waals surface area contributed by atoms with Gasteiger partial charge in [0.2, 0.25) is 0 Å². The molecule has 0 aromatic rings. The SMILES string of the molecule is CCC1CCCC(NC2CCN(C)CC2)C1. The zero-order chi connectivity index (χ0) is 11.4. The molecule has 2 atom stereocenters. The minimum atomic E-state index is 0.803. The van der Waals surface area contributed by atoms with Crippen LogP contribution in [0.1, 0.15) is 51.9 Å². The van der Waals surface area contributed by atoms with Gasteiger partial charge in [0, 0.05) is 12.1 Å². The number of nitrogens with zero attached hydrogens (tertiary/aromatic N) is 1. The first-order valence-corrected chi connectivity index (χ1v) is 7.22. The number of nitrogens with one attached hydrogen (secondary N) is 1. The summed E-state index contributed by atoms with van der Waals surface area (Å²) in [6, 6.07) is 1.63. The molecule has 1 heterocycles. The Labute approximate surface area is 101 Å². The van der Waals surface area contributed by atoms with Crippen molar-refractivity contribution >= 4 is 0 Å². The molecule has 2 heteroatoms. The lowest BCUT2D eigenvalue weighted by molar-refractivity contribution is 0.198. The Hall–Kier alpha value is -0.0800. The van der Waals surface area contributed by atoms with E-state index in [4.69, 9.17) is 0 Å². The first-order chi connectivity index (χ1) is 7.78. The molecule has 1 saturated carbocycles. The molecule has 94 valence electrons. The number of hydrogen-bond donors (Lipinski definition) is 1. The first kappa shape index (κ1) is 12.4. The van der Waals surface area contributed by atoms with Crippen LogP contribution in [0.5, 0.6) is 0 Å². The van der Waals surface area contributed by atoms with Crippen molar-refractivity contribution in [3.05, 3.63) is 0 Å². The molecule has 16 heavy (non-hydrogen) atoms. The Balaban J connectivity index is 1.72. The van der Waals surface area contributed by atoms with Crippen molar-refractivity contribution in [1.29, 1.82) is 0 Å². The second-order valence-electron chi connectivity index (χ2n) is 5.88. The third-order valence-corrected chi connectivity index (χ3v) is 4.55. The van der Waals surface area contributed by atoms with Crippen LogP contribution < -0.4 is 5.32 Å². The minimum Gasteiger partial charge on any atom is -0.311 e. The molecular weight excluding hydrogens is 196 g/mol. The zero-order valence-corrected chi connectivity index (χ0v) is 11.0. The van der Waals surface area contributed by atoms with Crippen LogP contribution >= 0.6 is 0 Å². The Morgan fingerprint density at radius 2 is 1.81 bits per heavy atom. The van der Waals surface area contributed by atoms with Gasteiger partial charge in [-0.1, -0.05) is 26.2 Å². The van der Waals surface area contributed by atoms with E-state index in [2.05, 4.69) is 24.2 Å². The second-order valence-corrected chi connectivity index (χ2v) is 5.88. The predicted molar refractivity (Wildman–Crippen MR) is 69.7 cm³/mol. The van der Waals surface area contributed by atoms with Crippen LogP contribution in [0.2, 0.25) is 0 Å². The molecule has 0 aromatic carbocycles. The lowest BCUT2D eigenvalue weighted by Crippen LogP contribution is -2.46. The lowest BCUT2D eigenvalue weighted by Gasteiger charge is -2.36. The number of rotatable bonds is 3. The summed E-state index contributed by atoms with van der Waals surface area (Å²) in [6.45, 7) is 4.91. The van der Waals surface area contributed by atoms with Gasteiger partial charge < -0.3 is 10.2 Å². The van der Waals surface area contributed by atoms with Crippen LogP contribution in [0.15, 0.2) is 0 Å². The number of piperidine rings is 1. The average molecular weight is 224 g/mol. The van der Waals surface area contributed by atoms with Crippen LogP contribution in [-0.4, -0.2) is 37.1 Å². The third kappa shape index (κ3) is 3.46. The van der Waals surface area contributed by atoms with Crippen LogP contribution in [0, 0.1) is 5.92 Å². The summed E-state index contributed by atoms with van der Waals surface area (Å²) in [5, 5.41) is 3.92. The summed E-state index contributed by atoms with van der Waals surface area (Å²) < 4.78 is 0. The average Bonchev–Trinajstić information content (AvgIpc) is 2.32. The van der Waals surface area contributed by atoms with Crippen molar-refractivity contribution in [2.24, 2.45) is 5.92 Å². The van der Waals surface area contributed by atoms with E-state index in [0.717, 1.165) is 18.0 Å². The summed E-state index contributed by atoms with van der Waals surface area (Å²) in [7, 11) is 2.24. The topological polar surface area (TPSA) is 15.3 Å². The molecule has 1 aliphatic carbocycles. The van der Waals surface area contributed by atoms with Gasteiger partial charge in [-0.3, -0.25) is 0 Å². The van der Waals surface area contributed by atoms with E-state index in [9.17, 15) is 0 Å². The summed E-state index contributed by atoms with van der Waals surface area (Å²) in [5.74, 6) is 0.998. The molecule has 0 bridgehead atoms. The standard InChI is InChI=1S/C14H28N2/c1-3-12-5-4-6-14(11-12)15-13-7-9-16(2)10-8-13/h12-15H,3-11H2,1-2H3. The lowest BCUT2D eigenvalue weighted by atomic mass is 9.83. The van der Waals surface area contributed by atoms with Gasteiger partial charge in [0.05, 0.1) is 0 Å². The molecule has 1 saturated heterocycles. The fraction of sp³-hybridized carbons (Fsp3) is 1.00. The Morgan fingerprint density at radius 3 is 2.50 bits per heavy atom. The van der Waals surface area contributed by atoms with Gasteiger partial charge in [-0.05, 0) is 51.7 Å². The maximum atomic E-state index is 3.92. The summed E-state index contributed by atoms with van der Waals surface area (Å²) in [6.07, 6.45) is 9.86. The van der Waals surface area contributed by atoms with Crippen LogP contribution in [0.25, 0.3) is 0 Å². The Kier molecular flexibility index (Phi) is 4.66. The molecule has 2 nitrogen and oxygen atoms in total. The fourth-order valence-electron chi connectivity index (χ4n) is 3.32. The molecule has 1 N–H and O–H groups in total. The highest BCUT2D eigenvalue weighted by Crippen LogP contribution is 2.27. The van der Waals surface area contributed by atoms with E-state index in [-0.39, 0.29) is 0 Å². The maximum absolute atomic E-state index is 3.92. The Bertz CT molecular complexity index is 197. The van der Waals surface area contributed by atoms with Gasteiger partial charge in [-0.2, -0.15) is 0 Å². The molecule has 0 radical (unpaired) electrons. The zero-order valence-electron chi connectivity index (χ0n) is 11.0. The van der Waals surface area contributed by atoms with Gasteiger partial charge in [0.15, 0.2) is 0 Å². The van der Waals surface area contributed by atoms with Crippen molar-refractivity contribution in [3.63, 3.8) is 0 Å². The Morgan fingerprint density at radius 1 is 1.06 bits per heavy atom. The highest BCUT2D eigenvalue weighted by atomic mass is 15.1. The highest BCUT2D eigenvalue weighted by Gasteiger charge is 2.24. The quantitative estimate of drug-likeness (QED) is 0.793. The first-order valence-electron chi connectivity index (χ1n) is 7.22. The molecule has 1 aliphatic heterocycles. The maximum Gasteiger partial charge on any atom is 0.00939 e. The highest BCUT2D eigenvalue weighted by molar-refractivity contribution is 4.83. The molecule has 2 unspecified atom stereocenters. The van der Waals surface area contributed by atoms with Crippen molar-refractivity contribution in [1.82, 2.24) is 10.2 Å².